The number of phenolic OH excluding ortho intramolecular Hbond substituents is 1. The third kappa shape index (κ3) is 3.41. The van der Waals surface area contributed by atoms with Gasteiger partial charge in [-0.3, -0.25) is 4.98 Å². The summed E-state index contributed by atoms with van der Waals surface area (Å²) in [6, 6.07) is 4.99. The summed E-state index contributed by atoms with van der Waals surface area (Å²) in [6.45, 7) is 3.94. The fraction of sp³-hybridized carbons (Fsp3) is 0.364. The van der Waals surface area contributed by atoms with Gasteiger partial charge in [0.2, 0.25) is 5.95 Å². The van der Waals surface area contributed by atoms with E-state index in [0.717, 1.165) is 17.2 Å². The number of pyridine rings is 1. The normalized spacial score (nSPS) is 24.0. The molecule has 0 bridgehead atoms. The Morgan fingerprint density at radius 3 is 2.79 bits per heavy atom. The molecule has 0 saturated carbocycles. The molecule has 0 amide bonds. The average Bonchev–Trinajstić information content (AvgIpc) is 2.75. The Hall–Kier alpha value is -3.09. The van der Waals surface area contributed by atoms with Crippen molar-refractivity contribution in [1.82, 2.24) is 20.2 Å². The maximum absolute atomic E-state index is 15.2. The van der Waals surface area contributed by atoms with E-state index in [0.29, 0.717) is 23.6 Å². The van der Waals surface area contributed by atoms with E-state index in [1.54, 1.807) is 36.6 Å². The Balaban J connectivity index is 1.61. The number of fused-ring (bicyclic) bond motifs is 1. The van der Waals surface area contributed by atoms with Crippen molar-refractivity contribution in [3.8, 4) is 17.0 Å². The lowest BCUT2D eigenvalue weighted by Crippen LogP contribution is -2.48. The van der Waals surface area contributed by atoms with Crippen molar-refractivity contribution in [1.29, 1.82) is 0 Å². The second-order valence-electron chi connectivity index (χ2n) is 7.81. The quantitative estimate of drug-likeness (QED) is 0.666. The molecule has 0 unspecified atom stereocenters. The van der Waals surface area contributed by atoms with E-state index < -0.39 is 11.6 Å². The first-order chi connectivity index (χ1) is 13.9. The minimum Gasteiger partial charge on any atom is -0.507 e. The zero-order valence-electron chi connectivity index (χ0n) is 16.7. The largest absolute Gasteiger partial charge is 0.507 e. The van der Waals surface area contributed by atoms with Crippen LogP contribution in [0.25, 0.3) is 22.0 Å². The number of anilines is 1. The predicted octanol–water partition coefficient (Wildman–Crippen LogP) is 4.31. The van der Waals surface area contributed by atoms with Crippen molar-refractivity contribution in [3.05, 3.63) is 48.9 Å². The number of benzene rings is 1. The zero-order chi connectivity index (χ0) is 20.6. The Labute approximate surface area is 169 Å². The maximum Gasteiger partial charge on any atom is 0.245 e. The molecule has 0 aliphatic heterocycles. The third-order valence-electron chi connectivity index (χ3n) is 6.00. The van der Waals surface area contributed by atoms with Crippen LogP contribution in [0.1, 0.15) is 26.7 Å². The molecular weight excluding hydrogens is 369 g/mol. The molecule has 1 aromatic carbocycles. The first-order valence-corrected chi connectivity index (χ1v) is 9.74. The summed E-state index contributed by atoms with van der Waals surface area (Å²) >= 11 is 0. The molecule has 29 heavy (non-hydrogen) atoms. The molecule has 1 aliphatic carbocycles. The van der Waals surface area contributed by atoms with Crippen LogP contribution in [0.15, 0.2) is 48.9 Å². The number of nitrogens with zero attached hydrogens (tertiary/aromatic N) is 5. The second kappa shape index (κ2) is 7.39. The molecule has 0 radical (unpaired) electrons. The minimum atomic E-state index is -1.02. The second-order valence-corrected chi connectivity index (χ2v) is 7.81. The SMILES string of the molecule is CC[C@]1(C)C=CC[C@H](N(C)c2ncc(-c3cc4ccncc4cc3O)nn2)[C@H]1F. The molecular formula is C22H24FN5O. The number of hydrogen-bond donors (Lipinski definition) is 1. The molecule has 0 fully saturated rings. The van der Waals surface area contributed by atoms with Crippen LogP contribution >= 0.6 is 0 Å². The van der Waals surface area contributed by atoms with E-state index in [9.17, 15) is 5.11 Å². The molecule has 4 rings (SSSR count). The number of aromatic hydroxyl groups is 1. The number of halogens is 1. The van der Waals surface area contributed by atoms with Crippen molar-refractivity contribution in [2.24, 2.45) is 5.41 Å². The van der Waals surface area contributed by atoms with Gasteiger partial charge in [0.15, 0.2) is 0 Å². The summed E-state index contributed by atoms with van der Waals surface area (Å²) in [5.74, 6) is 0.447. The van der Waals surface area contributed by atoms with Crippen LogP contribution in [0, 0.1) is 5.41 Å². The van der Waals surface area contributed by atoms with Crippen molar-refractivity contribution in [2.75, 3.05) is 11.9 Å². The number of phenols is 1. The Morgan fingerprint density at radius 2 is 2.07 bits per heavy atom. The van der Waals surface area contributed by atoms with Gasteiger partial charge in [-0.25, -0.2) is 9.37 Å². The number of rotatable bonds is 4. The Morgan fingerprint density at radius 1 is 1.24 bits per heavy atom. The topological polar surface area (TPSA) is 75.0 Å². The van der Waals surface area contributed by atoms with Crippen LogP contribution in [0.3, 0.4) is 0 Å². The molecule has 2 aromatic heterocycles. The summed E-state index contributed by atoms with van der Waals surface area (Å²) in [5, 5.41) is 20.6. The van der Waals surface area contributed by atoms with Gasteiger partial charge in [-0.05, 0) is 36.4 Å². The van der Waals surface area contributed by atoms with E-state index >= 15 is 4.39 Å². The lowest BCUT2D eigenvalue weighted by molar-refractivity contribution is 0.126. The zero-order valence-corrected chi connectivity index (χ0v) is 16.7. The van der Waals surface area contributed by atoms with Gasteiger partial charge in [0.1, 0.15) is 17.6 Å². The summed E-state index contributed by atoms with van der Waals surface area (Å²) in [6.07, 6.45) is 9.25. The van der Waals surface area contributed by atoms with Gasteiger partial charge in [0.25, 0.3) is 0 Å². The Bertz CT molecular complexity index is 1050. The van der Waals surface area contributed by atoms with Crippen molar-refractivity contribution in [3.63, 3.8) is 0 Å². The van der Waals surface area contributed by atoms with Gasteiger partial charge < -0.3 is 10.0 Å². The van der Waals surface area contributed by atoms with Crippen LogP contribution in [-0.2, 0) is 0 Å². The van der Waals surface area contributed by atoms with Crippen molar-refractivity contribution < 1.29 is 9.50 Å². The van der Waals surface area contributed by atoms with E-state index in [1.807, 2.05) is 38.1 Å². The molecule has 3 aromatic rings. The van der Waals surface area contributed by atoms with E-state index in [-0.39, 0.29) is 11.8 Å². The van der Waals surface area contributed by atoms with Gasteiger partial charge in [0.05, 0.1) is 12.2 Å². The summed E-state index contributed by atoms with van der Waals surface area (Å²) < 4.78 is 15.2. The molecule has 1 N–H and O–H groups in total. The Kier molecular flexibility index (Phi) is 4.90. The highest BCUT2D eigenvalue weighted by Gasteiger charge is 2.41. The standard InChI is InChI=1S/C22H24FN5O/c1-4-22(2)8-5-6-18(20(22)23)28(3)21-25-13-17(26-27-21)16-10-14-7-9-24-12-15(14)11-19(16)29/h5,7-13,18,20,29H,4,6H2,1-3H3/t18-,20+,22+/m0/s1. The first-order valence-electron chi connectivity index (χ1n) is 9.74. The van der Waals surface area contributed by atoms with Crippen LogP contribution in [-0.4, -0.2) is 44.5 Å². The van der Waals surface area contributed by atoms with Crippen molar-refractivity contribution in [2.45, 2.75) is 38.9 Å². The summed E-state index contributed by atoms with van der Waals surface area (Å²) in [5.41, 5.74) is 0.508. The van der Waals surface area contributed by atoms with E-state index in [1.165, 1.54) is 0 Å². The van der Waals surface area contributed by atoms with Gasteiger partial charge in [-0.1, -0.05) is 26.0 Å². The van der Waals surface area contributed by atoms with Crippen LogP contribution in [0.2, 0.25) is 0 Å². The fourth-order valence-corrected chi connectivity index (χ4v) is 3.83. The number of aromatic nitrogens is 4. The van der Waals surface area contributed by atoms with Crippen LogP contribution < -0.4 is 4.90 Å². The lowest BCUT2D eigenvalue weighted by atomic mass is 9.74. The number of hydrogen-bond acceptors (Lipinski definition) is 6. The molecule has 1 aliphatic rings. The summed E-state index contributed by atoms with van der Waals surface area (Å²) in [4.78, 5) is 10.2. The van der Waals surface area contributed by atoms with Crippen LogP contribution in [0.5, 0.6) is 5.75 Å². The molecule has 0 saturated heterocycles. The highest BCUT2D eigenvalue weighted by Crippen LogP contribution is 2.39. The van der Waals surface area contributed by atoms with Crippen molar-refractivity contribution >= 4 is 16.7 Å². The van der Waals surface area contributed by atoms with Gasteiger partial charge in [-0.15, -0.1) is 10.2 Å². The van der Waals surface area contributed by atoms with E-state index in [4.69, 9.17) is 0 Å². The maximum atomic E-state index is 15.2. The fourth-order valence-electron chi connectivity index (χ4n) is 3.83. The summed E-state index contributed by atoms with van der Waals surface area (Å²) in [7, 11) is 1.80. The highest BCUT2D eigenvalue weighted by molar-refractivity contribution is 5.89. The highest BCUT2D eigenvalue weighted by atomic mass is 19.1. The smallest absolute Gasteiger partial charge is 0.245 e. The lowest BCUT2D eigenvalue weighted by Gasteiger charge is -2.41. The number of allylic oxidation sites excluding steroid dienone is 1. The predicted molar refractivity (Wildman–Crippen MR) is 111 cm³/mol. The van der Waals surface area contributed by atoms with Gasteiger partial charge in [-0.2, -0.15) is 0 Å². The third-order valence-corrected chi connectivity index (χ3v) is 6.00. The minimum absolute atomic E-state index is 0.0858. The van der Waals surface area contributed by atoms with Gasteiger partial charge in [0, 0.05) is 35.8 Å². The molecule has 6 nitrogen and oxygen atoms in total. The first kappa shape index (κ1) is 19.2. The number of alkyl halides is 1. The molecule has 0 spiro atoms. The molecule has 2 heterocycles. The molecule has 150 valence electrons. The molecule has 7 heteroatoms. The average molecular weight is 393 g/mol. The van der Waals surface area contributed by atoms with Crippen LogP contribution in [0.4, 0.5) is 10.3 Å². The van der Waals surface area contributed by atoms with E-state index in [2.05, 4.69) is 20.2 Å². The molecule has 3 atom stereocenters. The monoisotopic (exact) mass is 393 g/mol. The van der Waals surface area contributed by atoms with Gasteiger partial charge >= 0.3 is 0 Å².